The van der Waals surface area contributed by atoms with Crippen molar-refractivity contribution in [2.24, 2.45) is 0 Å². The van der Waals surface area contributed by atoms with Gasteiger partial charge in [-0.2, -0.15) is 15.0 Å². The zero-order valence-electron chi connectivity index (χ0n) is 12.3. The predicted octanol–water partition coefficient (Wildman–Crippen LogP) is 0.328. The summed E-state index contributed by atoms with van der Waals surface area (Å²) in [6, 6.07) is 0. The fourth-order valence-corrected chi connectivity index (χ4v) is 2.90. The molecule has 20 heavy (non-hydrogen) atoms. The average molecular weight is 298 g/mol. The number of hydrogen-bond donors (Lipinski definition) is 1. The number of aromatic nitrogens is 3. The van der Waals surface area contributed by atoms with Gasteiger partial charge >= 0.3 is 0 Å². The van der Waals surface area contributed by atoms with E-state index < -0.39 is 10.8 Å². The van der Waals surface area contributed by atoms with Crippen LogP contribution in [0.1, 0.15) is 13.3 Å². The van der Waals surface area contributed by atoms with Gasteiger partial charge in [0, 0.05) is 56.0 Å². The smallest absolute Gasteiger partial charge is 0.232 e. The van der Waals surface area contributed by atoms with E-state index in [0.29, 0.717) is 29.4 Å². The third-order valence-corrected chi connectivity index (χ3v) is 4.28. The van der Waals surface area contributed by atoms with Crippen molar-refractivity contribution in [3.8, 4) is 0 Å². The van der Waals surface area contributed by atoms with Gasteiger partial charge < -0.3 is 15.1 Å². The Morgan fingerprint density at radius 3 is 2.55 bits per heavy atom. The second kappa shape index (κ2) is 6.83. The molecule has 0 spiro atoms. The van der Waals surface area contributed by atoms with E-state index in [1.807, 2.05) is 19.0 Å². The van der Waals surface area contributed by atoms with Crippen LogP contribution in [0.15, 0.2) is 0 Å². The number of hydrogen-bond acceptors (Lipinski definition) is 7. The van der Waals surface area contributed by atoms with Crippen molar-refractivity contribution in [2.45, 2.75) is 13.3 Å². The summed E-state index contributed by atoms with van der Waals surface area (Å²) in [5.74, 6) is 3.27. The van der Waals surface area contributed by atoms with Crippen LogP contribution in [0, 0.1) is 0 Å². The minimum Gasteiger partial charge on any atom is -0.354 e. The fraction of sp³-hybridized carbons (Fsp3) is 0.750. The van der Waals surface area contributed by atoms with Gasteiger partial charge in [-0.25, -0.2) is 0 Å². The maximum absolute atomic E-state index is 11.4. The zero-order valence-corrected chi connectivity index (χ0v) is 13.1. The summed E-state index contributed by atoms with van der Waals surface area (Å²) in [4.78, 5) is 17.3. The van der Waals surface area contributed by atoms with E-state index in [1.165, 1.54) is 0 Å². The quantitative estimate of drug-likeness (QED) is 0.839. The highest BCUT2D eigenvalue weighted by Crippen LogP contribution is 2.16. The lowest BCUT2D eigenvalue weighted by Gasteiger charge is -2.27. The molecular formula is C12H22N6OS. The minimum atomic E-state index is -0.698. The number of rotatable bonds is 5. The third kappa shape index (κ3) is 3.78. The molecule has 0 amide bonds. The van der Waals surface area contributed by atoms with Crippen LogP contribution in [0.5, 0.6) is 0 Å². The Morgan fingerprint density at radius 2 is 1.95 bits per heavy atom. The Balaban J connectivity index is 2.21. The summed E-state index contributed by atoms with van der Waals surface area (Å²) in [5, 5.41) is 3.20. The van der Waals surface area contributed by atoms with Crippen molar-refractivity contribution in [3.05, 3.63) is 0 Å². The van der Waals surface area contributed by atoms with Gasteiger partial charge in [-0.1, -0.05) is 6.92 Å². The Hall–Kier alpha value is -1.44. The summed E-state index contributed by atoms with van der Waals surface area (Å²) >= 11 is 0. The summed E-state index contributed by atoms with van der Waals surface area (Å²) in [7, 11) is 3.12. The molecule has 0 radical (unpaired) electrons. The van der Waals surface area contributed by atoms with E-state index in [4.69, 9.17) is 0 Å². The maximum atomic E-state index is 11.4. The van der Waals surface area contributed by atoms with Gasteiger partial charge in [-0.15, -0.1) is 0 Å². The van der Waals surface area contributed by atoms with Crippen LogP contribution in [0.4, 0.5) is 17.8 Å². The first-order valence-electron chi connectivity index (χ1n) is 6.87. The molecule has 0 unspecified atom stereocenters. The molecule has 1 aromatic rings. The van der Waals surface area contributed by atoms with Crippen LogP contribution in [0.3, 0.4) is 0 Å². The summed E-state index contributed by atoms with van der Waals surface area (Å²) in [6.07, 6.45) is 1.01. The summed E-state index contributed by atoms with van der Waals surface area (Å²) in [6.45, 7) is 4.40. The Labute approximate surface area is 122 Å². The molecule has 1 saturated heterocycles. The lowest BCUT2D eigenvalue weighted by Crippen LogP contribution is -2.39. The fourth-order valence-electron chi connectivity index (χ4n) is 1.85. The molecule has 0 bridgehead atoms. The third-order valence-electron chi connectivity index (χ3n) is 3.01. The first-order chi connectivity index (χ1) is 9.60. The highest BCUT2D eigenvalue weighted by Gasteiger charge is 2.19. The summed E-state index contributed by atoms with van der Waals surface area (Å²) < 4.78 is 11.4. The van der Waals surface area contributed by atoms with Crippen LogP contribution in [-0.2, 0) is 10.8 Å². The topological polar surface area (TPSA) is 74.2 Å². The van der Waals surface area contributed by atoms with Gasteiger partial charge in [0.1, 0.15) is 0 Å². The molecule has 0 aliphatic carbocycles. The molecule has 8 heteroatoms. The first kappa shape index (κ1) is 15.0. The van der Waals surface area contributed by atoms with Crippen molar-refractivity contribution in [1.29, 1.82) is 0 Å². The molecule has 2 rings (SSSR count). The first-order valence-corrected chi connectivity index (χ1v) is 8.36. The van der Waals surface area contributed by atoms with Gasteiger partial charge in [0.05, 0.1) is 0 Å². The molecule has 1 aliphatic heterocycles. The Bertz CT molecular complexity index is 471. The Kier molecular flexibility index (Phi) is 5.11. The number of anilines is 3. The van der Waals surface area contributed by atoms with Crippen molar-refractivity contribution >= 4 is 28.6 Å². The number of nitrogens with zero attached hydrogens (tertiary/aromatic N) is 5. The molecular weight excluding hydrogens is 276 g/mol. The van der Waals surface area contributed by atoms with Crippen LogP contribution in [-0.4, -0.2) is 64.4 Å². The second-order valence-electron chi connectivity index (χ2n) is 4.92. The molecule has 112 valence electrons. The molecule has 7 nitrogen and oxygen atoms in total. The standard InChI is InChI=1S/C12H22N6OS/c1-4-5-13-10-14-11(17(2)3)16-12(15-10)18-6-8-20(19)9-7-18/h4-9H2,1-3H3,(H,13,14,15,16). The molecule has 0 saturated carbocycles. The predicted molar refractivity (Wildman–Crippen MR) is 83.0 cm³/mol. The highest BCUT2D eigenvalue weighted by atomic mass is 32.2. The highest BCUT2D eigenvalue weighted by molar-refractivity contribution is 7.85. The van der Waals surface area contributed by atoms with Crippen LogP contribution >= 0.6 is 0 Å². The van der Waals surface area contributed by atoms with Crippen LogP contribution in [0.25, 0.3) is 0 Å². The Morgan fingerprint density at radius 1 is 1.25 bits per heavy atom. The second-order valence-corrected chi connectivity index (χ2v) is 6.61. The maximum Gasteiger partial charge on any atom is 0.232 e. The van der Waals surface area contributed by atoms with E-state index in [0.717, 1.165) is 26.1 Å². The minimum absolute atomic E-state index is 0.604. The molecule has 1 aromatic heterocycles. The SMILES string of the molecule is CCCNc1nc(N(C)C)nc(N2CCS(=O)CC2)n1. The molecule has 1 N–H and O–H groups in total. The van der Waals surface area contributed by atoms with E-state index >= 15 is 0 Å². The average Bonchev–Trinajstić information content (AvgIpc) is 2.45. The van der Waals surface area contributed by atoms with Crippen molar-refractivity contribution < 1.29 is 4.21 Å². The van der Waals surface area contributed by atoms with Gasteiger partial charge in [0.15, 0.2) is 0 Å². The van der Waals surface area contributed by atoms with Gasteiger partial charge in [-0.3, -0.25) is 4.21 Å². The molecule has 1 fully saturated rings. The van der Waals surface area contributed by atoms with Gasteiger partial charge in [0.2, 0.25) is 17.8 Å². The monoisotopic (exact) mass is 298 g/mol. The van der Waals surface area contributed by atoms with Gasteiger partial charge in [-0.05, 0) is 6.42 Å². The van der Waals surface area contributed by atoms with Crippen LogP contribution < -0.4 is 15.1 Å². The van der Waals surface area contributed by atoms with E-state index in [9.17, 15) is 4.21 Å². The molecule has 0 aromatic carbocycles. The molecule has 0 atom stereocenters. The van der Waals surface area contributed by atoms with Crippen molar-refractivity contribution in [1.82, 2.24) is 15.0 Å². The van der Waals surface area contributed by atoms with E-state index in [1.54, 1.807) is 0 Å². The normalized spacial score (nSPS) is 16.2. The van der Waals surface area contributed by atoms with E-state index in [2.05, 4.69) is 32.1 Å². The zero-order chi connectivity index (χ0) is 14.5. The van der Waals surface area contributed by atoms with Crippen LogP contribution in [0.2, 0.25) is 0 Å². The molecule has 1 aliphatic rings. The van der Waals surface area contributed by atoms with Crippen molar-refractivity contribution in [3.63, 3.8) is 0 Å². The van der Waals surface area contributed by atoms with Gasteiger partial charge in [0.25, 0.3) is 0 Å². The lowest BCUT2D eigenvalue weighted by molar-refractivity contribution is 0.671. The van der Waals surface area contributed by atoms with Crippen molar-refractivity contribution in [2.75, 3.05) is 60.4 Å². The molecule has 2 heterocycles. The number of nitrogens with one attached hydrogen (secondary N) is 1. The summed E-state index contributed by atoms with van der Waals surface area (Å²) in [5.41, 5.74) is 0. The largest absolute Gasteiger partial charge is 0.354 e. The van der Waals surface area contributed by atoms with E-state index in [-0.39, 0.29) is 0 Å². The lowest BCUT2D eigenvalue weighted by atomic mass is 10.5.